The van der Waals surface area contributed by atoms with E-state index in [1.54, 1.807) is 17.9 Å². The second-order valence-corrected chi connectivity index (χ2v) is 4.94. The molecule has 7 nitrogen and oxygen atoms in total. The molecule has 1 N–H and O–H groups in total. The van der Waals surface area contributed by atoms with Crippen molar-refractivity contribution in [2.45, 2.75) is 39.3 Å². The molecule has 0 aliphatic rings. The first kappa shape index (κ1) is 13.7. The Morgan fingerprint density at radius 3 is 2.89 bits per heavy atom. The minimum atomic E-state index is -0.116. The van der Waals surface area contributed by atoms with Crippen molar-refractivity contribution >= 4 is 11.0 Å². The third-order valence-corrected chi connectivity index (χ3v) is 2.97. The van der Waals surface area contributed by atoms with Gasteiger partial charge in [0.05, 0.1) is 6.20 Å². The van der Waals surface area contributed by atoms with Gasteiger partial charge in [0.25, 0.3) is 5.56 Å². The van der Waals surface area contributed by atoms with Gasteiger partial charge in [-0.2, -0.15) is 5.10 Å². The SMILES string of the molecule is CC(C)NCCCCn1nnc2c(cnn2C)c1=O. The zero-order valence-corrected chi connectivity index (χ0v) is 11.6. The highest BCUT2D eigenvalue weighted by molar-refractivity contribution is 5.72. The third kappa shape index (κ3) is 3.17. The van der Waals surface area contributed by atoms with Crippen molar-refractivity contribution in [2.24, 2.45) is 7.05 Å². The maximum atomic E-state index is 12.1. The van der Waals surface area contributed by atoms with E-state index in [2.05, 4.69) is 34.6 Å². The summed E-state index contributed by atoms with van der Waals surface area (Å²) in [5.41, 5.74) is 0.414. The van der Waals surface area contributed by atoms with Crippen LogP contribution >= 0.6 is 0 Å². The van der Waals surface area contributed by atoms with E-state index in [0.717, 1.165) is 19.4 Å². The molecule has 19 heavy (non-hydrogen) atoms. The second-order valence-electron chi connectivity index (χ2n) is 4.94. The summed E-state index contributed by atoms with van der Waals surface area (Å²) < 4.78 is 2.97. The molecular formula is C12H20N6O. The Hall–Kier alpha value is -1.76. The Kier molecular flexibility index (Phi) is 4.26. The highest BCUT2D eigenvalue weighted by Gasteiger charge is 2.08. The summed E-state index contributed by atoms with van der Waals surface area (Å²) >= 11 is 0. The van der Waals surface area contributed by atoms with E-state index in [1.165, 1.54) is 4.68 Å². The molecule has 2 aromatic heterocycles. The highest BCUT2D eigenvalue weighted by Crippen LogP contribution is 2.02. The lowest BCUT2D eigenvalue weighted by molar-refractivity contribution is 0.486. The molecule has 2 aromatic rings. The molecule has 7 heteroatoms. The number of aryl methyl sites for hydroxylation is 2. The van der Waals surface area contributed by atoms with Crippen molar-refractivity contribution in [3.05, 3.63) is 16.6 Å². The van der Waals surface area contributed by atoms with Gasteiger partial charge in [-0.15, -0.1) is 5.10 Å². The molecule has 0 amide bonds. The number of nitrogens with one attached hydrogen (secondary N) is 1. The van der Waals surface area contributed by atoms with E-state index in [1.807, 2.05) is 0 Å². The standard InChI is InChI=1S/C12H20N6O/c1-9(2)13-6-4-5-7-18-12(19)10-8-14-17(3)11(10)15-16-18/h8-9,13H,4-7H2,1-3H3. The number of rotatable bonds is 6. The summed E-state index contributed by atoms with van der Waals surface area (Å²) in [6.07, 6.45) is 3.46. The first-order valence-corrected chi connectivity index (χ1v) is 6.58. The van der Waals surface area contributed by atoms with Gasteiger partial charge in [0, 0.05) is 19.6 Å². The summed E-state index contributed by atoms with van der Waals surface area (Å²) in [4.78, 5) is 12.1. The van der Waals surface area contributed by atoms with Crippen LogP contribution in [0.5, 0.6) is 0 Å². The number of aromatic nitrogens is 5. The zero-order chi connectivity index (χ0) is 13.8. The lowest BCUT2D eigenvalue weighted by Crippen LogP contribution is -2.26. The molecule has 0 saturated carbocycles. The molecule has 0 fully saturated rings. The molecule has 0 unspecified atom stereocenters. The van der Waals surface area contributed by atoms with Crippen molar-refractivity contribution in [1.82, 2.24) is 30.1 Å². The quantitative estimate of drug-likeness (QED) is 0.759. The summed E-state index contributed by atoms with van der Waals surface area (Å²) in [5.74, 6) is 0. The van der Waals surface area contributed by atoms with Crippen LogP contribution in [0.15, 0.2) is 11.0 Å². The van der Waals surface area contributed by atoms with Crippen LogP contribution in [-0.4, -0.2) is 37.4 Å². The molecule has 0 spiro atoms. The van der Waals surface area contributed by atoms with Gasteiger partial charge >= 0.3 is 0 Å². The largest absolute Gasteiger partial charge is 0.315 e. The Morgan fingerprint density at radius 1 is 1.37 bits per heavy atom. The summed E-state index contributed by atoms with van der Waals surface area (Å²) in [6.45, 7) is 5.78. The molecule has 0 saturated heterocycles. The maximum Gasteiger partial charge on any atom is 0.280 e. The average molecular weight is 264 g/mol. The van der Waals surface area contributed by atoms with E-state index < -0.39 is 0 Å². The molecule has 0 atom stereocenters. The topological polar surface area (TPSA) is 77.6 Å². The Labute approximate surface area is 111 Å². The minimum absolute atomic E-state index is 0.116. The molecule has 0 aromatic carbocycles. The minimum Gasteiger partial charge on any atom is -0.315 e. The summed E-state index contributed by atoms with van der Waals surface area (Å²) in [5, 5.41) is 15.9. The normalized spacial score (nSPS) is 11.6. The van der Waals surface area contributed by atoms with Crippen LogP contribution in [0.25, 0.3) is 11.0 Å². The predicted molar refractivity (Wildman–Crippen MR) is 72.9 cm³/mol. The van der Waals surface area contributed by atoms with Gasteiger partial charge in [0.2, 0.25) is 0 Å². The van der Waals surface area contributed by atoms with Crippen LogP contribution in [0.1, 0.15) is 26.7 Å². The maximum absolute atomic E-state index is 12.1. The first-order valence-electron chi connectivity index (χ1n) is 6.58. The van der Waals surface area contributed by atoms with E-state index >= 15 is 0 Å². The van der Waals surface area contributed by atoms with Crippen LogP contribution < -0.4 is 10.9 Å². The van der Waals surface area contributed by atoms with Crippen LogP contribution in [-0.2, 0) is 13.6 Å². The predicted octanol–water partition coefficient (Wildman–Crippen LogP) is 0.303. The van der Waals surface area contributed by atoms with Crippen molar-refractivity contribution in [2.75, 3.05) is 6.54 Å². The smallest absolute Gasteiger partial charge is 0.280 e. The monoisotopic (exact) mass is 264 g/mol. The first-order chi connectivity index (χ1) is 9.09. The second kappa shape index (κ2) is 5.92. The molecule has 0 aliphatic carbocycles. The summed E-state index contributed by atoms with van der Waals surface area (Å²) in [7, 11) is 1.75. The molecule has 0 radical (unpaired) electrons. The lowest BCUT2D eigenvalue weighted by Gasteiger charge is -2.07. The van der Waals surface area contributed by atoms with Gasteiger partial charge in [-0.25, -0.2) is 9.36 Å². The molecule has 0 aliphatic heterocycles. The Morgan fingerprint density at radius 2 is 2.16 bits per heavy atom. The van der Waals surface area contributed by atoms with Crippen molar-refractivity contribution in [1.29, 1.82) is 0 Å². The van der Waals surface area contributed by atoms with Crippen LogP contribution in [0.2, 0.25) is 0 Å². The average Bonchev–Trinajstić information content (AvgIpc) is 2.74. The van der Waals surface area contributed by atoms with E-state index in [-0.39, 0.29) is 5.56 Å². The van der Waals surface area contributed by atoms with Crippen LogP contribution in [0, 0.1) is 0 Å². The number of hydrogen-bond acceptors (Lipinski definition) is 5. The van der Waals surface area contributed by atoms with Crippen LogP contribution in [0.4, 0.5) is 0 Å². The van der Waals surface area contributed by atoms with Crippen molar-refractivity contribution in [3.63, 3.8) is 0 Å². The Balaban J connectivity index is 1.98. The molecular weight excluding hydrogens is 244 g/mol. The van der Waals surface area contributed by atoms with Gasteiger partial charge < -0.3 is 5.32 Å². The Bertz CT molecular complexity index is 600. The molecule has 2 rings (SSSR count). The van der Waals surface area contributed by atoms with Crippen molar-refractivity contribution in [3.8, 4) is 0 Å². The zero-order valence-electron chi connectivity index (χ0n) is 11.6. The third-order valence-electron chi connectivity index (χ3n) is 2.97. The van der Waals surface area contributed by atoms with Gasteiger partial charge in [-0.1, -0.05) is 19.1 Å². The van der Waals surface area contributed by atoms with Crippen LogP contribution in [0.3, 0.4) is 0 Å². The molecule has 104 valence electrons. The summed E-state index contributed by atoms with van der Waals surface area (Å²) in [6, 6.07) is 0.495. The number of unbranched alkanes of at least 4 members (excludes halogenated alkanes) is 1. The highest BCUT2D eigenvalue weighted by atomic mass is 16.1. The van der Waals surface area contributed by atoms with E-state index in [9.17, 15) is 4.79 Å². The van der Waals surface area contributed by atoms with Gasteiger partial charge in [-0.05, 0) is 19.4 Å². The fraction of sp³-hybridized carbons (Fsp3) is 0.667. The van der Waals surface area contributed by atoms with Crippen molar-refractivity contribution < 1.29 is 0 Å². The lowest BCUT2D eigenvalue weighted by atomic mass is 10.3. The van der Waals surface area contributed by atoms with E-state index in [4.69, 9.17) is 0 Å². The van der Waals surface area contributed by atoms with Gasteiger partial charge in [-0.3, -0.25) is 4.79 Å². The van der Waals surface area contributed by atoms with Gasteiger partial charge in [0.1, 0.15) is 5.39 Å². The van der Waals surface area contributed by atoms with Gasteiger partial charge in [0.15, 0.2) is 5.65 Å². The molecule has 2 heterocycles. The molecule has 0 bridgehead atoms. The number of hydrogen-bond donors (Lipinski definition) is 1. The number of nitrogens with zero attached hydrogens (tertiary/aromatic N) is 5. The fourth-order valence-corrected chi connectivity index (χ4v) is 1.90. The number of fused-ring (bicyclic) bond motifs is 1. The fourth-order valence-electron chi connectivity index (χ4n) is 1.90. The van der Waals surface area contributed by atoms with E-state index in [0.29, 0.717) is 23.6 Å².